The van der Waals surface area contributed by atoms with Crippen molar-refractivity contribution in [2.75, 3.05) is 19.8 Å². The zero-order chi connectivity index (χ0) is 9.14. The standard InChI is InChI=1S/C8H14N2O2/c1-7(11)9-4-3-5-10(6-9)8(2)12/h3-6H2,1-2H3. The van der Waals surface area contributed by atoms with Crippen LogP contribution < -0.4 is 0 Å². The van der Waals surface area contributed by atoms with Gasteiger partial charge in [0.05, 0.1) is 6.67 Å². The first-order valence-corrected chi connectivity index (χ1v) is 4.12. The lowest BCUT2D eigenvalue weighted by atomic mass is 10.3. The average molecular weight is 170 g/mol. The lowest BCUT2D eigenvalue weighted by Crippen LogP contribution is -2.48. The van der Waals surface area contributed by atoms with Crippen molar-refractivity contribution in [3.63, 3.8) is 0 Å². The van der Waals surface area contributed by atoms with Crippen molar-refractivity contribution in [1.29, 1.82) is 0 Å². The molecule has 0 bridgehead atoms. The van der Waals surface area contributed by atoms with Crippen LogP contribution in [0.5, 0.6) is 0 Å². The number of nitrogens with zero attached hydrogens (tertiary/aromatic N) is 2. The van der Waals surface area contributed by atoms with Crippen LogP contribution in [0.15, 0.2) is 0 Å². The summed E-state index contributed by atoms with van der Waals surface area (Å²) in [4.78, 5) is 25.3. The normalized spacial score (nSPS) is 17.8. The maximum absolute atomic E-state index is 11.0. The zero-order valence-electron chi connectivity index (χ0n) is 7.54. The van der Waals surface area contributed by atoms with Crippen LogP contribution in [0.2, 0.25) is 0 Å². The molecule has 1 saturated heterocycles. The lowest BCUT2D eigenvalue weighted by molar-refractivity contribution is -0.140. The molecule has 0 aliphatic carbocycles. The zero-order valence-corrected chi connectivity index (χ0v) is 7.54. The Morgan fingerprint density at radius 2 is 1.42 bits per heavy atom. The predicted octanol–water partition coefficient (Wildman–Crippen LogP) is 0.0446. The molecule has 1 heterocycles. The van der Waals surface area contributed by atoms with Crippen molar-refractivity contribution >= 4 is 11.8 Å². The first kappa shape index (κ1) is 9.03. The molecular weight excluding hydrogens is 156 g/mol. The molecule has 0 spiro atoms. The number of carbonyl (C=O) groups excluding carboxylic acids is 2. The van der Waals surface area contributed by atoms with Gasteiger partial charge in [-0.1, -0.05) is 0 Å². The fraction of sp³-hybridized carbons (Fsp3) is 0.750. The highest BCUT2D eigenvalue weighted by Gasteiger charge is 2.20. The van der Waals surface area contributed by atoms with Gasteiger partial charge in [-0.3, -0.25) is 9.59 Å². The summed E-state index contributed by atoms with van der Waals surface area (Å²) in [5.41, 5.74) is 0. The molecule has 2 amide bonds. The number of amides is 2. The summed E-state index contributed by atoms with van der Waals surface area (Å²) < 4.78 is 0. The fourth-order valence-electron chi connectivity index (χ4n) is 1.31. The molecule has 0 atom stereocenters. The van der Waals surface area contributed by atoms with Crippen molar-refractivity contribution < 1.29 is 9.59 Å². The van der Waals surface area contributed by atoms with E-state index in [9.17, 15) is 9.59 Å². The van der Waals surface area contributed by atoms with E-state index in [0.29, 0.717) is 6.67 Å². The van der Waals surface area contributed by atoms with E-state index in [2.05, 4.69) is 0 Å². The molecular formula is C8H14N2O2. The summed E-state index contributed by atoms with van der Waals surface area (Å²) in [6, 6.07) is 0. The first-order valence-electron chi connectivity index (χ1n) is 4.12. The van der Waals surface area contributed by atoms with Gasteiger partial charge in [-0.15, -0.1) is 0 Å². The summed E-state index contributed by atoms with van der Waals surface area (Å²) in [5.74, 6) is 0.0851. The van der Waals surface area contributed by atoms with E-state index in [1.54, 1.807) is 9.80 Å². The van der Waals surface area contributed by atoms with Crippen molar-refractivity contribution in [3.05, 3.63) is 0 Å². The van der Waals surface area contributed by atoms with E-state index in [4.69, 9.17) is 0 Å². The van der Waals surface area contributed by atoms with Gasteiger partial charge in [0.2, 0.25) is 11.8 Å². The Labute approximate surface area is 72.1 Å². The van der Waals surface area contributed by atoms with E-state index < -0.39 is 0 Å². The molecule has 0 unspecified atom stereocenters. The second kappa shape index (κ2) is 3.56. The van der Waals surface area contributed by atoms with E-state index in [0.717, 1.165) is 19.5 Å². The summed E-state index contributed by atoms with van der Waals surface area (Å²) in [5, 5.41) is 0. The molecule has 4 nitrogen and oxygen atoms in total. The second-order valence-electron chi connectivity index (χ2n) is 3.06. The fourth-order valence-corrected chi connectivity index (χ4v) is 1.31. The molecule has 0 N–H and O–H groups in total. The maximum Gasteiger partial charge on any atom is 0.220 e. The number of carbonyl (C=O) groups is 2. The van der Waals surface area contributed by atoms with E-state index >= 15 is 0 Å². The van der Waals surface area contributed by atoms with Crippen molar-refractivity contribution in [2.45, 2.75) is 20.3 Å². The topological polar surface area (TPSA) is 40.6 Å². The molecule has 0 radical (unpaired) electrons. The van der Waals surface area contributed by atoms with Gasteiger partial charge in [0, 0.05) is 26.9 Å². The minimum atomic E-state index is 0.0425. The summed E-state index contributed by atoms with van der Waals surface area (Å²) in [7, 11) is 0. The van der Waals surface area contributed by atoms with Crippen LogP contribution in [-0.2, 0) is 9.59 Å². The van der Waals surface area contributed by atoms with Gasteiger partial charge in [-0.05, 0) is 6.42 Å². The molecule has 1 fully saturated rings. The third kappa shape index (κ3) is 1.96. The van der Waals surface area contributed by atoms with Gasteiger partial charge >= 0.3 is 0 Å². The van der Waals surface area contributed by atoms with E-state index in [1.807, 2.05) is 0 Å². The smallest absolute Gasteiger partial charge is 0.220 e. The van der Waals surface area contributed by atoms with Gasteiger partial charge in [-0.2, -0.15) is 0 Å². The van der Waals surface area contributed by atoms with Crippen LogP contribution in [0.3, 0.4) is 0 Å². The van der Waals surface area contributed by atoms with Gasteiger partial charge in [-0.25, -0.2) is 0 Å². The third-order valence-electron chi connectivity index (χ3n) is 2.09. The second-order valence-corrected chi connectivity index (χ2v) is 3.06. The minimum Gasteiger partial charge on any atom is -0.325 e. The number of hydrogen-bond acceptors (Lipinski definition) is 2. The van der Waals surface area contributed by atoms with Crippen LogP contribution in [0.4, 0.5) is 0 Å². The molecule has 1 rings (SSSR count). The Hall–Kier alpha value is -1.06. The van der Waals surface area contributed by atoms with Gasteiger partial charge in [0.1, 0.15) is 0 Å². The van der Waals surface area contributed by atoms with Crippen LogP contribution in [0.25, 0.3) is 0 Å². The van der Waals surface area contributed by atoms with E-state index in [1.165, 1.54) is 13.8 Å². The molecule has 0 aromatic heterocycles. The van der Waals surface area contributed by atoms with Gasteiger partial charge in [0.15, 0.2) is 0 Å². The molecule has 0 aromatic carbocycles. The Balaban J connectivity index is 2.51. The SMILES string of the molecule is CC(=O)N1CCCN(C(C)=O)C1. The molecule has 12 heavy (non-hydrogen) atoms. The molecule has 4 heteroatoms. The Morgan fingerprint density at radius 3 is 1.75 bits per heavy atom. The lowest BCUT2D eigenvalue weighted by Gasteiger charge is -2.34. The number of rotatable bonds is 0. The van der Waals surface area contributed by atoms with Crippen LogP contribution in [0.1, 0.15) is 20.3 Å². The van der Waals surface area contributed by atoms with Crippen molar-refractivity contribution in [2.24, 2.45) is 0 Å². The molecule has 68 valence electrons. The van der Waals surface area contributed by atoms with Crippen LogP contribution >= 0.6 is 0 Å². The average Bonchev–Trinajstić information content (AvgIpc) is 2.04. The first-order chi connectivity index (χ1) is 5.61. The highest BCUT2D eigenvalue weighted by atomic mass is 16.2. The Bertz CT molecular complexity index is 183. The third-order valence-corrected chi connectivity index (χ3v) is 2.09. The van der Waals surface area contributed by atoms with Crippen molar-refractivity contribution in [3.8, 4) is 0 Å². The predicted molar refractivity (Wildman–Crippen MR) is 44.3 cm³/mol. The van der Waals surface area contributed by atoms with Crippen LogP contribution in [-0.4, -0.2) is 41.4 Å². The Morgan fingerprint density at radius 1 is 1.00 bits per heavy atom. The largest absolute Gasteiger partial charge is 0.325 e. The monoisotopic (exact) mass is 170 g/mol. The minimum absolute atomic E-state index is 0.0425. The highest BCUT2D eigenvalue weighted by molar-refractivity contribution is 5.76. The molecule has 1 aliphatic heterocycles. The summed E-state index contributed by atoms with van der Waals surface area (Å²) in [6.07, 6.45) is 0.888. The molecule has 1 aliphatic rings. The quantitative estimate of drug-likeness (QED) is 0.515. The highest BCUT2D eigenvalue weighted by Crippen LogP contribution is 2.05. The van der Waals surface area contributed by atoms with E-state index in [-0.39, 0.29) is 11.8 Å². The van der Waals surface area contributed by atoms with Crippen molar-refractivity contribution in [1.82, 2.24) is 9.80 Å². The summed E-state index contributed by atoms with van der Waals surface area (Å²) in [6.45, 7) is 5.08. The molecule has 0 saturated carbocycles. The van der Waals surface area contributed by atoms with Crippen LogP contribution in [0, 0.1) is 0 Å². The van der Waals surface area contributed by atoms with Gasteiger partial charge in [0.25, 0.3) is 0 Å². The van der Waals surface area contributed by atoms with Gasteiger partial charge < -0.3 is 9.80 Å². The maximum atomic E-state index is 11.0. The number of hydrogen-bond donors (Lipinski definition) is 0. The summed E-state index contributed by atoms with van der Waals surface area (Å²) >= 11 is 0. The Kier molecular flexibility index (Phi) is 2.68. The molecule has 0 aromatic rings.